The summed E-state index contributed by atoms with van der Waals surface area (Å²) in [4.78, 5) is 21.2. The zero-order valence-corrected chi connectivity index (χ0v) is 18.2. The Morgan fingerprint density at radius 3 is 2.61 bits per heavy atom. The van der Waals surface area contributed by atoms with E-state index in [0.717, 1.165) is 49.1 Å². The van der Waals surface area contributed by atoms with Gasteiger partial charge < -0.3 is 10.2 Å². The molecule has 3 heterocycles. The Bertz CT molecular complexity index is 1080. The van der Waals surface area contributed by atoms with Gasteiger partial charge in [0.2, 0.25) is 5.91 Å². The maximum Gasteiger partial charge on any atom is 0.238 e. The van der Waals surface area contributed by atoms with Crippen molar-refractivity contribution in [3.05, 3.63) is 64.8 Å². The van der Waals surface area contributed by atoms with E-state index in [1.54, 1.807) is 6.20 Å². The van der Waals surface area contributed by atoms with Gasteiger partial charge in [-0.15, -0.1) is 0 Å². The fourth-order valence-corrected chi connectivity index (χ4v) is 4.08. The molecule has 0 aliphatic carbocycles. The highest BCUT2D eigenvalue weighted by Gasteiger charge is 2.24. The number of carbonyl (C=O) groups is 1. The Kier molecular flexibility index (Phi) is 6.20. The third kappa shape index (κ3) is 4.70. The number of piperazine rings is 1. The maximum atomic E-state index is 13.3. The molecule has 3 aromatic rings. The number of halogens is 2. The van der Waals surface area contributed by atoms with E-state index in [-0.39, 0.29) is 17.5 Å². The molecule has 0 spiro atoms. The van der Waals surface area contributed by atoms with Crippen LogP contribution in [0.15, 0.2) is 42.6 Å². The van der Waals surface area contributed by atoms with Gasteiger partial charge >= 0.3 is 0 Å². The molecule has 4 rings (SSSR count). The van der Waals surface area contributed by atoms with Crippen LogP contribution in [0.1, 0.15) is 11.4 Å². The molecular weight excluding hydrogens is 419 g/mol. The van der Waals surface area contributed by atoms with Crippen LogP contribution < -0.4 is 10.2 Å². The van der Waals surface area contributed by atoms with Crippen LogP contribution in [0.2, 0.25) is 5.02 Å². The van der Waals surface area contributed by atoms with Crippen molar-refractivity contribution in [2.45, 2.75) is 13.8 Å². The van der Waals surface area contributed by atoms with E-state index >= 15 is 0 Å². The minimum atomic E-state index is -0.507. The molecule has 0 saturated carbocycles. The highest BCUT2D eigenvalue weighted by atomic mass is 35.5. The lowest BCUT2D eigenvalue weighted by molar-refractivity contribution is -0.117. The summed E-state index contributed by atoms with van der Waals surface area (Å²) in [5, 5.41) is 7.44. The van der Waals surface area contributed by atoms with Gasteiger partial charge in [-0.25, -0.2) is 14.1 Å². The molecule has 1 aliphatic heterocycles. The van der Waals surface area contributed by atoms with Crippen molar-refractivity contribution in [2.24, 2.45) is 0 Å². The van der Waals surface area contributed by atoms with Crippen LogP contribution in [-0.2, 0) is 4.79 Å². The van der Waals surface area contributed by atoms with Crippen LogP contribution in [0.3, 0.4) is 0 Å². The lowest BCUT2D eigenvalue weighted by Crippen LogP contribution is -2.49. The molecule has 1 amide bonds. The quantitative estimate of drug-likeness (QED) is 0.655. The number of nitrogens with one attached hydrogen (secondary N) is 1. The largest absolute Gasteiger partial charge is 0.366 e. The lowest BCUT2D eigenvalue weighted by atomic mass is 10.2. The van der Waals surface area contributed by atoms with Gasteiger partial charge in [-0.1, -0.05) is 17.7 Å². The van der Waals surface area contributed by atoms with Crippen LogP contribution in [0.25, 0.3) is 5.82 Å². The van der Waals surface area contributed by atoms with Gasteiger partial charge in [-0.2, -0.15) is 5.10 Å². The second-order valence-corrected chi connectivity index (χ2v) is 7.97. The smallest absolute Gasteiger partial charge is 0.238 e. The molecule has 1 saturated heterocycles. The Balaban J connectivity index is 1.36. The third-order valence-electron chi connectivity index (χ3n) is 5.38. The fourth-order valence-electron chi connectivity index (χ4n) is 3.90. The average Bonchev–Trinajstić information content (AvgIpc) is 3.06. The fraction of sp³-hybridized carbons (Fsp3) is 0.318. The second-order valence-electron chi connectivity index (χ2n) is 7.56. The Morgan fingerprint density at radius 1 is 1.16 bits per heavy atom. The minimum Gasteiger partial charge on any atom is -0.366 e. The standard InChI is InChI=1S/C22H24ClFN6O/c1-15-22(16(2)30(27-15)20-5-3-4-8-25-20)29-11-9-28(10-12-29)14-21(31)26-17-6-7-19(24)18(23)13-17/h3-8,13H,9-12,14H2,1-2H3,(H,26,31). The SMILES string of the molecule is Cc1nn(-c2ccccn2)c(C)c1N1CCN(CC(=O)Nc2ccc(F)c(Cl)c2)CC1. The van der Waals surface area contributed by atoms with Crippen molar-refractivity contribution in [1.82, 2.24) is 19.7 Å². The van der Waals surface area contributed by atoms with Crippen LogP contribution in [0, 0.1) is 19.7 Å². The number of pyridine rings is 1. The number of hydrogen-bond acceptors (Lipinski definition) is 5. The normalized spacial score (nSPS) is 14.6. The zero-order chi connectivity index (χ0) is 22.0. The molecule has 1 aromatic carbocycles. The van der Waals surface area contributed by atoms with Crippen molar-refractivity contribution < 1.29 is 9.18 Å². The van der Waals surface area contributed by atoms with Gasteiger partial charge in [-0.3, -0.25) is 9.69 Å². The second kappa shape index (κ2) is 9.03. The van der Waals surface area contributed by atoms with Gasteiger partial charge in [0, 0.05) is 38.1 Å². The highest BCUT2D eigenvalue weighted by molar-refractivity contribution is 6.31. The number of anilines is 2. The number of aryl methyl sites for hydroxylation is 1. The number of nitrogens with zero attached hydrogens (tertiary/aromatic N) is 5. The topological polar surface area (TPSA) is 66.3 Å². The van der Waals surface area contributed by atoms with Crippen LogP contribution >= 0.6 is 11.6 Å². The number of aromatic nitrogens is 3. The van der Waals surface area contributed by atoms with Crippen LogP contribution in [0.4, 0.5) is 15.8 Å². The highest BCUT2D eigenvalue weighted by Crippen LogP contribution is 2.27. The molecule has 1 fully saturated rings. The molecule has 9 heteroatoms. The maximum absolute atomic E-state index is 13.3. The van der Waals surface area contributed by atoms with E-state index in [1.165, 1.54) is 18.2 Å². The Morgan fingerprint density at radius 2 is 1.94 bits per heavy atom. The molecule has 1 aliphatic rings. The molecule has 0 atom stereocenters. The predicted molar refractivity (Wildman–Crippen MR) is 120 cm³/mol. The molecule has 7 nitrogen and oxygen atoms in total. The first-order valence-electron chi connectivity index (χ1n) is 10.1. The lowest BCUT2D eigenvalue weighted by Gasteiger charge is -2.35. The predicted octanol–water partition coefficient (Wildman–Crippen LogP) is 3.44. The first-order valence-corrected chi connectivity index (χ1v) is 10.5. The van der Waals surface area contributed by atoms with Crippen molar-refractivity contribution in [3.63, 3.8) is 0 Å². The van der Waals surface area contributed by atoms with Crippen molar-refractivity contribution in [1.29, 1.82) is 0 Å². The first kappa shape index (κ1) is 21.3. The van der Waals surface area contributed by atoms with Crippen molar-refractivity contribution >= 4 is 28.9 Å². The average molecular weight is 443 g/mol. The number of amides is 1. The van der Waals surface area contributed by atoms with Crippen LogP contribution in [0.5, 0.6) is 0 Å². The number of rotatable bonds is 5. The molecule has 0 unspecified atom stereocenters. The molecule has 31 heavy (non-hydrogen) atoms. The molecule has 2 aromatic heterocycles. The zero-order valence-electron chi connectivity index (χ0n) is 17.5. The summed E-state index contributed by atoms with van der Waals surface area (Å²) in [7, 11) is 0. The minimum absolute atomic E-state index is 0.0107. The number of carbonyl (C=O) groups excluding carboxylic acids is 1. The molecule has 0 radical (unpaired) electrons. The summed E-state index contributed by atoms with van der Waals surface area (Å²) in [5.74, 6) is 0.143. The van der Waals surface area contributed by atoms with Crippen LogP contribution in [-0.4, -0.2) is 58.3 Å². The number of benzene rings is 1. The van der Waals surface area contributed by atoms with E-state index < -0.39 is 5.82 Å². The van der Waals surface area contributed by atoms with Crippen molar-refractivity contribution in [2.75, 3.05) is 42.9 Å². The monoisotopic (exact) mass is 442 g/mol. The van der Waals surface area contributed by atoms with E-state index in [4.69, 9.17) is 11.6 Å². The molecular formula is C22H24ClFN6O. The number of hydrogen-bond donors (Lipinski definition) is 1. The summed E-state index contributed by atoms with van der Waals surface area (Å²) in [6.07, 6.45) is 1.76. The first-order chi connectivity index (χ1) is 14.9. The summed E-state index contributed by atoms with van der Waals surface area (Å²) in [6, 6.07) is 9.93. The molecule has 1 N–H and O–H groups in total. The molecule has 0 bridgehead atoms. The summed E-state index contributed by atoms with van der Waals surface area (Å²) < 4.78 is 15.1. The Hall–Kier alpha value is -2.97. The van der Waals surface area contributed by atoms with E-state index in [2.05, 4.69) is 32.1 Å². The summed E-state index contributed by atoms with van der Waals surface area (Å²) in [6.45, 7) is 7.44. The molecule has 162 valence electrons. The van der Waals surface area contributed by atoms with Gasteiger partial charge in [-0.05, 0) is 44.2 Å². The van der Waals surface area contributed by atoms with E-state index in [0.29, 0.717) is 5.69 Å². The van der Waals surface area contributed by atoms with Gasteiger partial charge in [0.1, 0.15) is 5.82 Å². The summed E-state index contributed by atoms with van der Waals surface area (Å²) in [5.41, 5.74) is 3.62. The van der Waals surface area contributed by atoms with Crippen molar-refractivity contribution in [3.8, 4) is 5.82 Å². The van der Waals surface area contributed by atoms with Gasteiger partial charge in [0.25, 0.3) is 0 Å². The van der Waals surface area contributed by atoms with E-state index in [9.17, 15) is 9.18 Å². The van der Waals surface area contributed by atoms with Gasteiger partial charge in [0.05, 0.1) is 28.6 Å². The third-order valence-corrected chi connectivity index (χ3v) is 5.67. The Labute approximate surface area is 185 Å². The summed E-state index contributed by atoms with van der Waals surface area (Å²) >= 11 is 5.78. The van der Waals surface area contributed by atoms with Gasteiger partial charge in [0.15, 0.2) is 5.82 Å². The van der Waals surface area contributed by atoms with E-state index in [1.807, 2.05) is 29.8 Å².